The predicted molar refractivity (Wildman–Crippen MR) is 87.0 cm³/mol. The van der Waals surface area contributed by atoms with Gasteiger partial charge in [0.15, 0.2) is 5.78 Å². The van der Waals surface area contributed by atoms with E-state index in [9.17, 15) is 9.59 Å². The molecule has 0 aromatic heterocycles. The van der Waals surface area contributed by atoms with Crippen LogP contribution in [0.5, 0.6) is 5.75 Å². The monoisotopic (exact) mass is 320 g/mol. The van der Waals surface area contributed by atoms with Crippen LogP contribution >= 0.6 is 0 Å². The van der Waals surface area contributed by atoms with Crippen molar-refractivity contribution in [1.82, 2.24) is 9.80 Å². The number of hydrogen-bond donors (Lipinski definition) is 0. The molecule has 0 radical (unpaired) electrons. The minimum atomic E-state index is -0.439. The number of amides is 1. The van der Waals surface area contributed by atoms with Crippen LogP contribution in [0.25, 0.3) is 0 Å². The van der Waals surface area contributed by atoms with E-state index in [4.69, 9.17) is 9.47 Å². The third-order valence-electron chi connectivity index (χ3n) is 4.11. The molecule has 1 atom stereocenters. The zero-order valence-corrected chi connectivity index (χ0v) is 14.2. The highest BCUT2D eigenvalue weighted by Crippen LogP contribution is 2.27. The Morgan fingerprint density at radius 2 is 1.91 bits per heavy atom. The first kappa shape index (κ1) is 17.4. The summed E-state index contributed by atoms with van der Waals surface area (Å²) in [6, 6.07) is 5.55. The summed E-state index contributed by atoms with van der Waals surface area (Å²) < 4.78 is 10.7. The molecule has 1 fully saturated rings. The van der Waals surface area contributed by atoms with Gasteiger partial charge in [0.25, 0.3) is 0 Å². The van der Waals surface area contributed by atoms with Gasteiger partial charge in [-0.2, -0.15) is 0 Å². The van der Waals surface area contributed by atoms with E-state index in [0.717, 1.165) is 5.56 Å². The van der Waals surface area contributed by atoms with Crippen LogP contribution < -0.4 is 4.74 Å². The topological polar surface area (TPSA) is 59.1 Å². The fraction of sp³-hybridized carbons (Fsp3) is 0.529. The van der Waals surface area contributed by atoms with Crippen LogP contribution in [0.3, 0.4) is 0 Å². The van der Waals surface area contributed by atoms with Crippen molar-refractivity contribution >= 4 is 11.9 Å². The highest BCUT2D eigenvalue weighted by atomic mass is 16.6. The standard InChI is InChI=1S/C17H24N2O4/c1-12(18(3)4)14-5-6-15(13(2)20)16(11-14)23-17(21)19-7-9-22-10-8-19/h5-6,11-12H,7-10H2,1-4H3. The van der Waals surface area contributed by atoms with Crippen molar-refractivity contribution in [2.45, 2.75) is 19.9 Å². The molecule has 1 aromatic rings. The van der Waals surface area contributed by atoms with E-state index < -0.39 is 6.09 Å². The number of nitrogens with zero attached hydrogens (tertiary/aromatic N) is 2. The van der Waals surface area contributed by atoms with Gasteiger partial charge in [-0.05, 0) is 45.6 Å². The maximum atomic E-state index is 12.3. The summed E-state index contributed by atoms with van der Waals surface area (Å²) in [5.41, 5.74) is 1.41. The minimum absolute atomic E-state index is 0.126. The fourth-order valence-corrected chi connectivity index (χ4v) is 2.38. The zero-order valence-electron chi connectivity index (χ0n) is 14.2. The Hall–Kier alpha value is -1.92. The highest BCUT2D eigenvalue weighted by Gasteiger charge is 2.22. The number of ether oxygens (including phenoxy) is 2. The average molecular weight is 320 g/mol. The van der Waals surface area contributed by atoms with Crippen molar-refractivity contribution in [2.75, 3.05) is 40.4 Å². The number of hydrogen-bond acceptors (Lipinski definition) is 5. The van der Waals surface area contributed by atoms with E-state index in [1.54, 1.807) is 17.0 Å². The number of carbonyl (C=O) groups is 2. The molecule has 0 saturated carbocycles. The molecule has 0 aliphatic carbocycles. The molecule has 1 saturated heterocycles. The molecule has 0 bridgehead atoms. The lowest BCUT2D eigenvalue weighted by Crippen LogP contribution is -2.42. The second-order valence-electron chi connectivity index (χ2n) is 5.92. The summed E-state index contributed by atoms with van der Waals surface area (Å²) in [5.74, 6) is 0.194. The molecule has 6 nitrogen and oxygen atoms in total. The van der Waals surface area contributed by atoms with E-state index in [1.165, 1.54) is 6.92 Å². The van der Waals surface area contributed by atoms with E-state index >= 15 is 0 Å². The van der Waals surface area contributed by atoms with Gasteiger partial charge in [0.1, 0.15) is 5.75 Å². The van der Waals surface area contributed by atoms with Crippen LogP contribution in [0, 0.1) is 0 Å². The third kappa shape index (κ3) is 4.30. The maximum Gasteiger partial charge on any atom is 0.415 e. The van der Waals surface area contributed by atoms with E-state index in [0.29, 0.717) is 37.6 Å². The Bertz CT molecular complexity index is 580. The molecule has 2 rings (SSSR count). The van der Waals surface area contributed by atoms with E-state index in [2.05, 4.69) is 11.8 Å². The van der Waals surface area contributed by atoms with Crippen molar-refractivity contribution in [3.63, 3.8) is 0 Å². The molecular formula is C17H24N2O4. The molecule has 23 heavy (non-hydrogen) atoms. The predicted octanol–water partition coefficient (Wildman–Crippen LogP) is 2.34. The first-order valence-corrected chi connectivity index (χ1v) is 7.76. The fourth-order valence-electron chi connectivity index (χ4n) is 2.38. The van der Waals surface area contributed by atoms with E-state index in [-0.39, 0.29) is 11.8 Å². The number of carbonyl (C=O) groups excluding carboxylic acids is 2. The number of Topliss-reactive ketones (excluding diaryl/α,β-unsaturated/α-hetero) is 1. The number of morpholine rings is 1. The second kappa shape index (κ2) is 7.57. The van der Waals surface area contributed by atoms with E-state index in [1.807, 2.05) is 20.2 Å². The Morgan fingerprint density at radius 1 is 1.26 bits per heavy atom. The summed E-state index contributed by atoms with van der Waals surface area (Å²) in [6.45, 7) is 5.54. The molecule has 1 unspecified atom stereocenters. The van der Waals surface area contributed by atoms with Crippen molar-refractivity contribution in [3.05, 3.63) is 29.3 Å². The lowest BCUT2D eigenvalue weighted by atomic mass is 10.0. The third-order valence-corrected chi connectivity index (χ3v) is 4.11. The van der Waals surface area contributed by atoms with Crippen molar-refractivity contribution in [2.24, 2.45) is 0 Å². The molecule has 126 valence electrons. The lowest BCUT2D eigenvalue weighted by molar-refractivity contribution is 0.0415. The molecular weight excluding hydrogens is 296 g/mol. The first-order chi connectivity index (χ1) is 10.9. The number of ketones is 1. The molecule has 1 heterocycles. The van der Waals surface area contributed by atoms with Gasteiger partial charge in [0.05, 0.1) is 18.8 Å². The average Bonchev–Trinajstić information content (AvgIpc) is 2.54. The minimum Gasteiger partial charge on any atom is -0.409 e. The molecule has 1 aliphatic rings. The van der Waals surface area contributed by atoms with Crippen molar-refractivity contribution in [3.8, 4) is 5.75 Å². The van der Waals surface area contributed by atoms with Gasteiger partial charge in [-0.3, -0.25) is 4.79 Å². The van der Waals surface area contributed by atoms with Gasteiger partial charge in [-0.1, -0.05) is 6.07 Å². The largest absolute Gasteiger partial charge is 0.415 e. The van der Waals surface area contributed by atoms with Crippen LogP contribution in [0.1, 0.15) is 35.8 Å². The number of benzene rings is 1. The van der Waals surface area contributed by atoms with Gasteiger partial charge in [0, 0.05) is 19.1 Å². The number of rotatable bonds is 4. The summed E-state index contributed by atoms with van der Waals surface area (Å²) >= 11 is 0. The van der Waals surface area contributed by atoms with Gasteiger partial charge in [-0.25, -0.2) is 4.79 Å². The van der Waals surface area contributed by atoms with Gasteiger partial charge >= 0.3 is 6.09 Å². The smallest absolute Gasteiger partial charge is 0.409 e. The van der Waals surface area contributed by atoms with Crippen molar-refractivity contribution in [1.29, 1.82) is 0 Å². The second-order valence-corrected chi connectivity index (χ2v) is 5.92. The Labute approximate surface area is 137 Å². The quantitative estimate of drug-likeness (QED) is 0.797. The van der Waals surface area contributed by atoms with Gasteiger partial charge < -0.3 is 19.3 Å². The van der Waals surface area contributed by atoms with Crippen LogP contribution in [0.2, 0.25) is 0 Å². The van der Waals surface area contributed by atoms with Gasteiger partial charge in [0.2, 0.25) is 0 Å². The zero-order chi connectivity index (χ0) is 17.0. The summed E-state index contributed by atoms with van der Waals surface area (Å²) in [5, 5.41) is 0. The molecule has 1 aromatic carbocycles. The first-order valence-electron chi connectivity index (χ1n) is 7.76. The molecule has 6 heteroatoms. The van der Waals surface area contributed by atoms with Crippen LogP contribution in [0.4, 0.5) is 4.79 Å². The van der Waals surface area contributed by atoms with Gasteiger partial charge in [-0.15, -0.1) is 0 Å². The summed E-state index contributed by atoms with van der Waals surface area (Å²) in [4.78, 5) is 27.7. The summed E-state index contributed by atoms with van der Waals surface area (Å²) in [6.07, 6.45) is -0.439. The van der Waals surface area contributed by atoms with Crippen LogP contribution in [-0.2, 0) is 4.74 Å². The molecule has 0 N–H and O–H groups in total. The Balaban J connectivity index is 2.24. The molecule has 1 aliphatic heterocycles. The highest BCUT2D eigenvalue weighted by molar-refractivity contribution is 5.97. The van der Waals surface area contributed by atoms with Crippen molar-refractivity contribution < 1.29 is 19.1 Å². The normalized spacial score (nSPS) is 16.3. The molecule has 0 spiro atoms. The van der Waals surface area contributed by atoms with Crippen LogP contribution in [-0.4, -0.2) is 62.1 Å². The maximum absolute atomic E-state index is 12.3. The van der Waals surface area contributed by atoms with Crippen LogP contribution in [0.15, 0.2) is 18.2 Å². The summed E-state index contributed by atoms with van der Waals surface area (Å²) in [7, 11) is 3.95. The Morgan fingerprint density at radius 3 is 2.48 bits per heavy atom. The lowest BCUT2D eigenvalue weighted by Gasteiger charge is -2.26. The molecule has 1 amide bonds. The SMILES string of the molecule is CC(=O)c1ccc(C(C)N(C)C)cc1OC(=O)N1CCOCC1. The Kier molecular flexibility index (Phi) is 5.74.